The molecule has 5 nitrogen and oxygen atoms in total. The van der Waals surface area contributed by atoms with Crippen LogP contribution in [0, 0.1) is 6.92 Å². The number of benzene rings is 1. The predicted molar refractivity (Wildman–Crippen MR) is 107 cm³/mol. The molecule has 0 atom stereocenters. The summed E-state index contributed by atoms with van der Waals surface area (Å²) in [5, 5.41) is 0.970. The summed E-state index contributed by atoms with van der Waals surface area (Å²) in [6, 6.07) is 13.7. The van der Waals surface area contributed by atoms with Gasteiger partial charge in [-0.3, -0.25) is 0 Å². The van der Waals surface area contributed by atoms with E-state index in [1.165, 1.54) is 0 Å². The van der Waals surface area contributed by atoms with Crippen molar-refractivity contribution in [3.05, 3.63) is 60.2 Å². The van der Waals surface area contributed by atoms with Crippen molar-refractivity contribution in [1.29, 1.82) is 0 Å². The van der Waals surface area contributed by atoms with Crippen LogP contribution in [0.3, 0.4) is 0 Å². The summed E-state index contributed by atoms with van der Waals surface area (Å²) in [5.41, 5.74) is 3.65. The van der Waals surface area contributed by atoms with E-state index in [1.54, 1.807) is 20.2 Å². The molecule has 5 heteroatoms. The smallest absolute Gasteiger partial charge is 0.212 e. The Kier molecular flexibility index (Phi) is 4.74. The van der Waals surface area contributed by atoms with Gasteiger partial charge in [-0.1, -0.05) is 6.07 Å². The summed E-state index contributed by atoms with van der Waals surface area (Å²) >= 11 is 0. The Hall–Kier alpha value is -3.34. The number of furan rings is 2. The van der Waals surface area contributed by atoms with Crippen LogP contribution in [0.25, 0.3) is 33.4 Å². The maximum Gasteiger partial charge on any atom is 0.212 e. The number of hydrogen-bond acceptors (Lipinski definition) is 5. The van der Waals surface area contributed by atoms with Crippen LogP contribution in [0.5, 0.6) is 5.88 Å². The van der Waals surface area contributed by atoms with Gasteiger partial charge in [-0.15, -0.1) is 0 Å². The Morgan fingerprint density at radius 2 is 1.89 bits per heavy atom. The van der Waals surface area contributed by atoms with Gasteiger partial charge in [-0.25, -0.2) is 4.98 Å². The highest BCUT2D eigenvalue weighted by molar-refractivity contribution is 5.96. The molecule has 28 heavy (non-hydrogen) atoms. The van der Waals surface area contributed by atoms with E-state index in [1.807, 2.05) is 49.4 Å². The summed E-state index contributed by atoms with van der Waals surface area (Å²) in [6.07, 6.45) is 2.75. The van der Waals surface area contributed by atoms with Crippen LogP contribution in [-0.4, -0.2) is 17.9 Å². The molecule has 0 spiro atoms. The fraction of sp³-hybridized carbons (Fsp3) is 0.217. The number of hydrogen-bond donors (Lipinski definition) is 0. The number of carbonyl (C=O) groups excluding carboxylic acids is 1. The molecule has 0 aliphatic heterocycles. The van der Waals surface area contributed by atoms with E-state index in [9.17, 15) is 4.79 Å². The monoisotopic (exact) mass is 375 g/mol. The van der Waals surface area contributed by atoms with Gasteiger partial charge in [0.05, 0.1) is 12.7 Å². The zero-order valence-electron chi connectivity index (χ0n) is 16.1. The zero-order chi connectivity index (χ0) is 19.7. The molecule has 0 bridgehead atoms. The molecule has 0 aliphatic rings. The van der Waals surface area contributed by atoms with Gasteiger partial charge in [0, 0.05) is 36.1 Å². The second-order valence-corrected chi connectivity index (χ2v) is 6.81. The lowest BCUT2D eigenvalue weighted by Crippen LogP contribution is -1.93. The first-order chi connectivity index (χ1) is 13.5. The number of aryl methyl sites for hydroxylation is 2. The number of ketones is 1. The highest BCUT2D eigenvalue weighted by atomic mass is 16.5. The van der Waals surface area contributed by atoms with Crippen molar-refractivity contribution in [3.8, 4) is 28.3 Å². The first-order valence-electron chi connectivity index (χ1n) is 9.17. The van der Waals surface area contributed by atoms with Crippen molar-refractivity contribution in [3.63, 3.8) is 0 Å². The van der Waals surface area contributed by atoms with Gasteiger partial charge in [-0.2, -0.15) is 0 Å². The van der Waals surface area contributed by atoms with E-state index in [4.69, 9.17) is 13.6 Å². The second kappa shape index (κ2) is 7.35. The number of ether oxygens (including phenoxy) is 1. The van der Waals surface area contributed by atoms with Crippen LogP contribution >= 0.6 is 0 Å². The molecule has 4 rings (SSSR count). The van der Waals surface area contributed by atoms with E-state index in [-0.39, 0.29) is 5.78 Å². The third-order valence-corrected chi connectivity index (χ3v) is 4.73. The Balaban J connectivity index is 1.81. The average Bonchev–Trinajstić information content (AvgIpc) is 3.28. The lowest BCUT2D eigenvalue weighted by molar-refractivity contribution is -0.117. The first-order valence-corrected chi connectivity index (χ1v) is 9.17. The molecule has 0 N–H and O–H groups in total. The largest absolute Gasteiger partial charge is 0.481 e. The molecule has 0 saturated carbocycles. The van der Waals surface area contributed by atoms with Crippen molar-refractivity contribution >= 4 is 16.8 Å². The molecule has 0 amide bonds. The summed E-state index contributed by atoms with van der Waals surface area (Å²) in [7, 11) is 1.59. The van der Waals surface area contributed by atoms with Gasteiger partial charge in [0.25, 0.3) is 0 Å². The molecular weight excluding hydrogens is 354 g/mol. The summed E-state index contributed by atoms with van der Waals surface area (Å²) < 4.78 is 17.1. The quantitative estimate of drug-likeness (QED) is 0.439. The maximum absolute atomic E-state index is 11.5. The van der Waals surface area contributed by atoms with Crippen LogP contribution in [0.1, 0.15) is 24.9 Å². The molecule has 142 valence electrons. The van der Waals surface area contributed by atoms with Gasteiger partial charge in [-0.05, 0) is 49.7 Å². The van der Waals surface area contributed by atoms with Crippen LogP contribution in [0.15, 0.2) is 57.5 Å². The Labute approximate surface area is 163 Å². The fourth-order valence-corrected chi connectivity index (χ4v) is 3.30. The van der Waals surface area contributed by atoms with E-state index in [0.29, 0.717) is 18.7 Å². The highest BCUT2D eigenvalue weighted by Gasteiger charge is 2.19. The Bertz CT molecular complexity index is 1140. The third-order valence-electron chi connectivity index (χ3n) is 4.73. The van der Waals surface area contributed by atoms with Crippen molar-refractivity contribution in [2.75, 3.05) is 7.11 Å². The Morgan fingerprint density at radius 1 is 1.07 bits per heavy atom. The molecule has 0 fully saturated rings. The SMILES string of the molecule is COc1ccc(-c2ccc3c(-c4ccc(C)o4)c(CCC(C)=O)oc3c2)cn1. The standard InChI is InChI=1S/C23H21NO4/c1-14(25)4-9-20-23(19-10-5-15(2)27-19)18-8-6-16(12-21(18)28-20)17-7-11-22(26-3)24-13-17/h5-8,10-13H,4,9H2,1-3H3. The van der Waals surface area contributed by atoms with Crippen molar-refractivity contribution < 1.29 is 18.4 Å². The van der Waals surface area contributed by atoms with Crippen LogP contribution in [0.2, 0.25) is 0 Å². The number of nitrogens with zero attached hydrogens (tertiary/aromatic N) is 1. The van der Waals surface area contributed by atoms with E-state index >= 15 is 0 Å². The van der Waals surface area contributed by atoms with Crippen molar-refractivity contribution in [2.45, 2.75) is 26.7 Å². The van der Waals surface area contributed by atoms with E-state index in [0.717, 1.165) is 44.9 Å². The number of rotatable bonds is 6. The minimum Gasteiger partial charge on any atom is -0.481 e. The normalized spacial score (nSPS) is 11.1. The van der Waals surface area contributed by atoms with E-state index < -0.39 is 0 Å². The van der Waals surface area contributed by atoms with Crippen LogP contribution < -0.4 is 4.74 Å². The molecule has 0 aliphatic carbocycles. The number of aromatic nitrogens is 1. The highest BCUT2D eigenvalue weighted by Crippen LogP contribution is 2.38. The second-order valence-electron chi connectivity index (χ2n) is 6.81. The summed E-state index contributed by atoms with van der Waals surface area (Å²) in [6.45, 7) is 3.50. The maximum atomic E-state index is 11.5. The molecule has 0 unspecified atom stereocenters. The lowest BCUT2D eigenvalue weighted by atomic mass is 10.0. The van der Waals surface area contributed by atoms with Gasteiger partial charge in [0.2, 0.25) is 5.88 Å². The van der Waals surface area contributed by atoms with Crippen molar-refractivity contribution in [1.82, 2.24) is 4.98 Å². The van der Waals surface area contributed by atoms with Crippen LogP contribution in [0.4, 0.5) is 0 Å². The third kappa shape index (κ3) is 3.43. The molecule has 1 aromatic carbocycles. The van der Waals surface area contributed by atoms with Gasteiger partial charge >= 0.3 is 0 Å². The molecule has 4 aromatic rings. The zero-order valence-corrected chi connectivity index (χ0v) is 16.1. The molecule has 0 saturated heterocycles. The first kappa shape index (κ1) is 18.0. The number of carbonyl (C=O) groups is 1. The minimum absolute atomic E-state index is 0.132. The van der Waals surface area contributed by atoms with Gasteiger partial charge in [0.1, 0.15) is 28.6 Å². The Morgan fingerprint density at radius 3 is 2.54 bits per heavy atom. The number of Topliss-reactive ketones (excluding diaryl/α,β-unsaturated/α-hetero) is 1. The number of fused-ring (bicyclic) bond motifs is 1. The summed E-state index contributed by atoms with van der Waals surface area (Å²) in [5.74, 6) is 3.07. The molecule has 0 radical (unpaired) electrons. The predicted octanol–water partition coefficient (Wildman–Crippen LogP) is 5.59. The fourth-order valence-electron chi connectivity index (χ4n) is 3.30. The van der Waals surface area contributed by atoms with E-state index in [2.05, 4.69) is 4.98 Å². The molecule has 3 heterocycles. The lowest BCUT2D eigenvalue weighted by Gasteiger charge is -2.03. The van der Waals surface area contributed by atoms with Crippen molar-refractivity contribution in [2.24, 2.45) is 0 Å². The topological polar surface area (TPSA) is 65.5 Å². The minimum atomic E-state index is 0.132. The molecular formula is C23H21NO4. The van der Waals surface area contributed by atoms with Gasteiger partial charge < -0.3 is 18.4 Å². The number of pyridine rings is 1. The van der Waals surface area contributed by atoms with Crippen LogP contribution in [-0.2, 0) is 11.2 Å². The summed E-state index contributed by atoms with van der Waals surface area (Å²) in [4.78, 5) is 15.8. The van der Waals surface area contributed by atoms with Gasteiger partial charge in [0.15, 0.2) is 0 Å². The number of methoxy groups -OCH3 is 1. The molecule has 3 aromatic heterocycles. The average molecular weight is 375 g/mol.